The highest BCUT2D eigenvalue weighted by Gasteiger charge is 2.28. The fourth-order valence-electron chi connectivity index (χ4n) is 3.75. The topological polar surface area (TPSA) is 98.1 Å². The molecule has 0 saturated carbocycles. The van der Waals surface area contributed by atoms with E-state index in [-0.39, 0.29) is 17.9 Å². The first-order valence-electron chi connectivity index (χ1n) is 9.89. The van der Waals surface area contributed by atoms with Crippen LogP contribution in [0.5, 0.6) is 0 Å². The highest BCUT2D eigenvalue weighted by Crippen LogP contribution is 2.21. The van der Waals surface area contributed by atoms with Crippen LogP contribution in [-0.4, -0.2) is 45.6 Å². The van der Waals surface area contributed by atoms with E-state index in [9.17, 15) is 9.59 Å². The Morgan fingerprint density at radius 3 is 2.89 bits per heavy atom. The van der Waals surface area contributed by atoms with Crippen molar-refractivity contribution in [2.75, 3.05) is 13.2 Å². The second-order valence-electron chi connectivity index (χ2n) is 7.19. The van der Waals surface area contributed by atoms with Gasteiger partial charge in [0.05, 0.1) is 24.0 Å². The molecule has 2 aromatic heterocycles. The summed E-state index contributed by atoms with van der Waals surface area (Å²) in [6.45, 7) is 2.25. The number of pyridine rings is 1. The Morgan fingerprint density at radius 2 is 2.11 bits per heavy atom. The first-order valence-corrected chi connectivity index (χ1v) is 9.89. The summed E-state index contributed by atoms with van der Waals surface area (Å²) in [5, 5.41) is 5.78. The number of carbonyl (C=O) groups excluding carboxylic acids is 2. The molecule has 0 bridgehead atoms. The Kier molecular flexibility index (Phi) is 5.66. The third kappa shape index (κ3) is 4.06. The fourth-order valence-corrected chi connectivity index (χ4v) is 3.75. The van der Waals surface area contributed by atoms with Gasteiger partial charge in [-0.3, -0.25) is 14.6 Å². The Bertz CT molecular complexity index is 843. The molecule has 1 saturated heterocycles. The van der Waals surface area contributed by atoms with Crippen LogP contribution >= 0.6 is 0 Å². The summed E-state index contributed by atoms with van der Waals surface area (Å²) in [6.07, 6.45) is 6.47. The Morgan fingerprint density at radius 1 is 1.18 bits per heavy atom. The molecule has 2 N–H and O–H groups in total. The number of imidazole rings is 1. The van der Waals surface area contributed by atoms with Gasteiger partial charge in [0.2, 0.25) is 0 Å². The molecular weight excluding hydrogens is 358 g/mol. The molecule has 1 fully saturated rings. The number of nitrogens with zero attached hydrogens (tertiary/aromatic N) is 3. The summed E-state index contributed by atoms with van der Waals surface area (Å²) in [6, 6.07) is 5.56. The predicted octanol–water partition coefficient (Wildman–Crippen LogP) is 1.45. The Hall–Kier alpha value is -2.74. The molecule has 2 amide bonds. The van der Waals surface area contributed by atoms with Crippen LogP contribution < -0.4 is 10.6 Å². The molecule has 2 aliphatic heterocycles. The number of nitrogens with one attached hydrogen (secondary N) is 2. The van der Waals surface area contributed by atoms with Crippen molar-refractivity contribution in [3.05, 3.63) is 47.3 Å². The zero-order valence-corrected chi connectivity index (χ0v) is 15.8. The van der Waals surface area contributed by atoms with Crippen LogP contribution in [0.2, 0.25) is 0 Å². The first kappa shape index (κ1) is 18.6. The summed E-state index contributed by atoms with van der Waals surface area (Å²) in [5.41, 5.74) is 1.98. The van der Waals surface area contributed by atoms with Crippen molar-refractivity contribution < 1.29 is 14.3 Å². The molecule has 0 aliphatic carbocycles. The molecule has 8 heteroatoms. The minimum absolute atomic E-state index is 0.0727. The summed E-state index contributed by atoms with van der Waals surface area (Å²) in [7, 11) is 0. The van der Waals surface area contributed by atoms with Gasteiger partial charge < -0.3 is 19.9 Å². The van der Waals surface area contributed by atoms with Gasteiger partial charge in [0, 0.05) is 25.9 Å². The number of amides is 2. The second kappa shape index (κ2) is 8.52. The number of carbonyl (C=O) groups is 2. The summed E-state index contributed by atoms with van der Waals surface area (Å²) in [4.78, 5) is 34.1. The van der Waals surface area contributed by atoms with Gasteiger partial charge in [0.1, 0.15) is 5.69 Å². The molecule has 28 heavy (non-hydrogen) atoms. The van der Waals surface area contributed by atoms with Crippen molar-refractivity contribution in [2.24, 2.45) is 0 Å². The minimum Gasteiger partial charge on any atom is -0.376 e. The van der Waals surface area contributed by atoms with E-state index >= 15 is 0 Å². The average molecular weight is 383 g/mol. The van der Waals surface area contributed by atoms with Gasteiger partial charge in [-0.05, 0) is 44.2 Å². The molecule has 148 valence electrons. The fraction of sp³-hybridized carbons (Fsp3) is 0.500. The zero-order chi connectivity index (χ0) is 19.3. The third-order valence-corrected chi connectivity index (χ3v) is 5.21. The maximum absolute atomic E-state index is 12.7. The molecule has 2 aliphatic rings. The maximum Gasteiger partial charge on any atom is 0.287 e. The standard InChI is InChI=1S/C20H25N5O3/c26-19(23-13-15-7-5-11-28-15)17-16-8-2-4-10-25(16)18(24-17)20(27)22-12-14-6-1-3-9-21-14/h1,3,6,9,15H,2,4-5,7-8,10-13H2,(H,22,27)(H,23,26). The molecule has 0 spiro atoms. The van der Waals surface area contributed by atoms with Gasteiger partial charge in [0.25, 0.3) is 11.8 Å². The molecule has 4 heterocycles. The molecule has 1 atom stereocenters. The average Bonchev–Trinajstić information content (AvgIpc) is 3.39. The number of fused-ring (bicyclic) bond motifs is 1. The quantitative estimate of drug-likeness (QED) is 0.787. The second-order valence-corrected chi connectivity index (χ2v) is 7.19. The van der Waals surface area contributed by atoms with Crippen LogP contribution in [-0.2, 0) is 24.2 Å². The van der Waals surface area contributed by atoms with Gasteiger partial charge in [0.15, 0.2) is 5.82 Å². The third-order valence-electron chi connectivity index (χ3n) is 5.21. The lowest BCUT2D eigenvalue weighted by atomic mass is 10.1. The van der Waals surface area contributed by atoms with Crippen LogP contribution in [0.25, 0.3) is 0 Å². The van der Waals surface area contributed by atoms with Crippen molar-refractivity contribution in [2.45, 2.75) is 51.3 Å². The van der Waals surface area contributed by atoms with E-state index in [0.29, 0.717) is 31.2 Å². The van der Waals surface area contributed by atoms with E-state index in [0.717, 1.165) is 50.1 Å². The Balaban J connectivity index is 1.47. The maximum atomic E-state index is 12.7. The van der Waals surface area contributed by atoms with Crippen LogP contribution in [0.1, 0.15) is 58.2 Å². The largest absolute Gasteiger partial charge is 0.376 e. The smallest absolute Gasteiger partial charge is 0.287 e. The molecule has 1 unspecified atom stereocenters. The van der Waals surface area contributed by atoms with Crippen molar-refractivity contribution in [1.82, 2.24) is 25.2 Å². The summed E-state index contributed by atoms with van der Waals surface area (Å²) >= 11 is 0. The van der Waals surface area contributed by atoms with Gasteiger partial charge in [-0.1, -0.05) is 6.07 Å². The summed E-state index contributed by atoms with van der Waals surface area (Å²) in [5.74, 6) is -0.218. The predicted molar refractivity (Wildman–Crippen MR) is 102 cm³/mol. The first-order chi connectivity index (χ1) is 13.7. The number of hydrogen-bond acceptors (Lipinski definition) is 5. The van der Waals surface area contributed by atoms with E-state index in [4.69, 9.17) is 4.74 Å². The number of rotatable bonds is 6. The molecule has 0 aromatic carbocycles. The molecular formula is C20H25N5O3. The number of ether oxygens (including phenoxy) is 1. The van der Waals surface area contributed by atoms with Crippen molar-refractivity contribution >= 4 is 11.8 Å². The van der Waals surface area contributed by atoms with Crippen molar-refractivity contribution in [3.8, 4) is 0 Å². The van der Waals surface area contributed by atoms with Crippen molar-refractivity contribution in [3.63, 3.8) is 0 Å². The lowest BCUT2D eigenvalue weighted by Gasteiger charge is -2.17. The monoisotopic (exact) mass is 383 g/mol. The zero-order valence-electron chi connectivity index (χ0n) is 15.8. The van der Waals surface area contributed by atoms with Gasteiger partial charge in [-0.15, -0.1) is 0 Å². The van der Waals surface area contributed by atoms with E-state index in [1.165, 1.54) is 0 Å². The highest BCUT2D eigenvalue weighted by molar-refractivity contribution is 5.97. The van der Waals surface area contributed by atoms with E-state index in [1.54, 1.807) is 6.20 Å². The lowest BCUT2D eigenvalue weighted by Crippen LogP contribution is -2.32. The highest BCUT2D eigenvalue weighted by atomic mass is 16.5. The normalized spacial score (nSPS) is 18.5. The van der Waals surface area contributed by atoms with Crippen molar-refractivity contribution in [1.29, 1.82) is 0 Å². The lowest BCUT2D eigenvalue weighted by molar-refractivity contribution is 0.0853. The molecule has 8 nitrogen and oxygen atoms in total. The van der Waals surface area contributed by atoms with E-state index < -0.39 is 0 Å². The van der Waals surface area contributed by atoms with Crippen LogP contribution in [0.4, 0.5) is 0 Å². The number of hydrogen-bond donors (Lipinski definition) is 2. The van der Waals surface area contributed by atoms with Crippen LogP contribution in [0.3, 0.4) is 0 Å². The molecule has 2 aromatic rings. The van der Waals surface area contributed by atoms with Gasteiger partial charge >= 0.3 is 0 Å². The molecule has 0 radical (unpaired) electrons. The number of aromatic nitrogens is 3. The van der Waals surface area contributed by atoms with Gasteiger partial charge in [-0.25, -0.2) is 4.98 Å². The Labute approximate surface area is 163 Å². The van der Waals surface area contributed by atoms with E-state index in [2.05, 4.69) is 20.6 Å². The minimum atomic E-state index is -0.285. The van der Waals surface area contributed by atoms with Crippen LogP contribution in [0.15, 0.2) is 24.4 Å². The summed E-state index contributed by atoms with van der Waals surface area (Å²) < 4.78 is 7.45. The van der Waals surface area contributed by atoms with Gasteiger partial charge in [-0.2, -0.15) is 0 Å². The van der Waals surface area contributed by atoms with E-state index in [1.807, 2.05) is 22.8 Å². The molecule has 4 rings (SSSR count). The SMILES string of the molecule is O=C(NCC1CCCO1)c1nc(C(=O)NCc2ccccn2)n2c1CCCC2. The van der Waals surface area contributed by atoms with Crippen LogP contribution in [0, 0.1) is 0 Å².